The molecule has 0 aromatic carbocycles. The van der Waals surface area contributed by atoms with Crippen LogP contribution >= 0.6 is 0 Å². The fourth-order valence-electron chi connectivity index (χ4n) is 0.481. The minimum atomic E-state index is 0. The molecule has 0 bridgehead atoms. The molecule has 0 aromatic rings. The van der Waals surface area contributed by atoms with E-state index in [1.165, 1.54) is 12.6 Å². The van der Waals surface area contributed by atoms with Gasteiger partial charge in [-0.05, 0) is 0 Å². The van der Waals surface area contributed by atoms with E-state index in [1.54, 1.807) is 0 Å². The second-order valence-electron chi connectivity index (χ2n) is 1.24. The van der Waals surface area contributed by atoms with Gasteiger partial charge in [-0.2, -0.15) is 0 Å². The quantitative estimate of drug-likeness (QED) is 0.329. The van der Waals surface area contributed by atoms with Crippen molar-refractivity contribution in [3.05, 3.63) is 7.43 Å². The molecular formula is C3H7B3Co-. The molecule has 0 aromatic heterocycles. The summed E-state index contributed by atoms with van der Waals surface area (Å²) in [7, 11) is 2.18. The molecule has 0 nitrogen and oxygen atoms in total. The van der Waals surface area contributed by atoms with Crippen molar-refractivity contribution in [2.45, 2.75) is 12.6 Å². The molecular weight excluding hydrogens is 127 g/mol. The second-order valence-corrected chi connectivity index (χ2v) is 1.24. The van der Waals surface area contributed by atoms with Crippen LogP contribution in [0.25, 0.3) is 0 Å². The molecule has 7 heavy (non-hydrogen) atoms. The normalized spacial score (nSPS) is 11.4. The van der Waals surface area contributed by atoms with E-state index in [4.69, 9.17) is 0 Å². The SMILES string of the molecule is [B]1B=BCC1.[CH3-].[Co]. The fourth-order valence-corrected chi connectivity index (χ4v) is 0.481. The van der Waals surface area contributed by atoms with E-state index < -0.39 is 0 Å². The van der Waals surface area contributed by atoms with Gasteiger partial charge in [-0.25, -0.2) is 0 Å². The monoisotopic (exact) mass is 135 g/mol. The Kier molecular flexibility index (Phi) is 10.2. The molecule has 38 valence electrons. The molecule has 0 spiro atoms. The van der Waals surface area contributed by atoms with Crippen LogP contribution in [0.1, 0.15) is 0 Å². The van der Waals surface area contributed by atoms with Crippen molar-refractivity contribution in [1.29, 1.82) is 0 Å². The molecule has 0 fully saturated rings. The maximum Gasteiger partial charge on any atom is 0 e. The van der Waals surface area contributed by atoms with Crippen molar-refractivity contribution in [2.24, 2.45) is 0 Å². The molecule has 2 radical (unpaired) electrons. The molecule has 0 atom stereocenters. The molecule has 0 aliphatic carbocycles. The van der Waals surface area contributed by atoms with Crippen LogP contribution in [-0.2, 0) is 16.8 Å². The van der Waals surface area contributed by atoms with Gasteiger partial charge in [-0.3, -0.25) is 0 Å². The molecule has 1 heterocycles. The van der Waals surface area contributed by atoms with Gasteiger partial charge in [0.05, 0.1) is 0 Å². The van der Waals surface area contributed by atoms with Gasteiger partial charge in [-0.1, -0.05) is 0 Å². The molecule has 1 aliphatic rings. The number of hydrogen-bond donors (Lipinski definition) is 0. The Morgan fingerprint density at radius 3 is 2.00 bits per heavy atom. The van der Waals surface area contributed by atoms with Crippen LogP contribution in [0.5, 0.6) is 0 Å². The zero-order valence-electron chi connectivity index (χ0n) is 4.48. The van der Waals surface area contributed by atoms with Crippen molar-refractivity contribution in [3.8, 4) is 0 Å². The van der Waals surface area contributed by atoms with Crippen LogP contribution in [0, 0.1) is 7.43 Å². The molecule has 0 unspecified atom stereocenters. The Morgan fingerprint density at radius 1 is 1.14 bits per heavy atom. The van der Waals surface area contributed by atoms with Gasteiger partial charge in [0.25, 0.3) is 0 Å². The van der Waals surface area contributed by atoms with Crippen molar-refractivity contribution in [2.75, 3.05) is 0 Å². The maximum atomic E-state index is 2.18. The smallest absolute Gasteiger partial charge is 0 e. The summed E-state index contributed by atoms with van der Waals surface area (Å²) in [6.07, 6.45) is 2.53. The predicted octanol–water partition coefficient (Wildman–Crippen LogP) is 0.227. The third-order valence-corrected chi connectivity index (χ3v) is 0.772. The first-order valence-corrected chi connectivity index (χ1v) is 1.98. The summed E-state index contributed by atoms with van der Waals surface area (Å²) in [5.74, 6) is 0. The topological polar surface area (TPSA) is 0 Å². The van der Waals surface area contributed by atoms with E-state index in [9.17, 15) is 0 Å². The first-order chi connectivity index (χ1) is 2.50. The van der Waals surface area contributed by atoms with Crippen LogP contribution in [-0.4, -0.2) is 20.7 Å². The van der Waals surface area contributed by atoms with Crippen LogP contribution in [0.15, 0.2) is 0 Å². The van der Waals surface area contributed by atoms with Crippen molar-refractivity contribution in [1.82, 2.24) is 0 Å². The molecule has 0 amide bonds. The van der Waals surface area contributed by atoms with E-state index >= 15 is 0 Å². The summed E-state index contributed by atoms with van der Waals surface area (Å²) in [5.41, 5.74) is 0. The van der Waals surface area contributed by atoms with Gasteiger partial charge in [0.15, 0.2) is 0 Å². The first-order valence-electron chi connectivity index (χ1n) is 1.98. The molecule has 4 heteroatoms. The summed E-state index contributed by atoms with van der Waals surface area (Å²) in [6, 6.07) is 0. The van der Waals surface area contributed by atoms with E-state index in [-0.39, 0.29) is 24.2 Å². The van der Waals surface area contributed by atoms with Gasteiger partial charge < -0.3 is 7.43 Å². The van der Waals surface area contributed by atoms with Crippen LogP contribution in [0.2, 0.25) is 12.6 Å². The summed E-state index contributed by atoms with van der Waals surface area (Å²) in [5, 5.41) is 0. The molecule has 1 rings (SSSR count). The van der Waals surface area contributed by atoms with Gasteiger partial charge >= 0.3 is 33.3 Å². The summed E-state index contributed by atoms with van der Waals surface area (Å²) in [6.45, 7) is 4.29. The molecule has 0 saturated carbocycles. The molecule has 1 aliphatic heterocycles. The zero-order chi connectivity index (χ0) is 3.54. The van der Waals surface area contributed by atoms with E-state index in [0.29, 0.717) is 0 Å². The average Bonchev–Trinajstić information content (AvgIpc) is 1.76. The van der Waals surface area contributed by atoms with Gasteiger partial charge in [0.2, 0.25) is 0 Å². The van der Waals surface area contributed by atoms with Crippen molar-refractivity contribution < 1.29 is 16.8 Å². The Hall–Kier alpha value is 0.701. The molecule has 0 saturated heterocycles. The molecule has 0 N–H and O–H groups in total. The van der Waals surface area contributed by atoms with Gasteiger partial charge in [-0.15, -0.1) is 0 Å². The first kappa shape index (κ1) is 10.6. The average molecular weight is 134 g/mol. The summed E-state index contributed by atoms with van der Waals surface area (Å²) in [4.78, 5) is 0. The van der Waals surface area contributed by atoms with Crippen LogP contribution in [0.4, 0.5) is 0 Å². The van der Waals surface area contributed by atoms with E-state index in [0.717, 1.165) is 0 Å². The van der Waals surface area contributed by atoms with Gasteiger partial charge in [0, 0.05) is 16.8 Å². The second kappa shape index (κ2) is 6.70. The third-order valence-electron chi connectivity index (χ3n) is 0.772. The Bertz CT molecular complexity index is 48.1. The van der Waals surface area contributed by atoms with Crippen LogP contribution < -0.4 is 0 Å². The predicted molar refractivity (Wildman–Crippen MR) is 33.3 cm³/mol. The Balaban J connectivity index is 0. The van der Waals surface area contributed by atoms with Gasteiger partial charge in [0.1, 0.15) is 0 Å². The minimum Gasteiger partial charge on any atom is -0.358 e. The zero-order valence-corrected chi connectivity index (χ0v) is 5.52. The van der Waals surface area contributed by atoms with E-state index in [2.05, 4.69) is 20.7 Å². The van der Waals surface area contributed by atoms with Crippen LogP contribution in [0.3, 0.4) is 0 Å². The third kappa shape index (κ3) is 4.56. The Labute approximate surface area is 58.0 Å². The fraction of sp³-hybridized carbons (Fsp3) is 0.667. The summed E-state index contributed by atoms with van der Waals surface area (Å²) >= 11 is 0. The standard InChI is InChI=1S/C2H4B3.CH3.Co/c1-2-4-5-3-1;;/h1-2H2;1H3;/q;-1;. The maximum absolute atomic E-state index is 2.18. The van der Waals surface area contributed by atoms with E-state index in [1.807, 2.05) is 0 Å². The number of rotatable bonds is 0. The largest absolute Gasteiger partial charge is 0.358 e. The van der Waals surface area contributed by atoms with Crippen molar-refractivity contribution in [3.63, 3.8) is 0 Å². The minimum absolute atomic E-state index is 0. The Morgan fingerprint density at radius 2 is 1.86 bits per heavy atom. The van der Waals surface area contributed by atoms with Crippen molar-refractivity contribution >= 4 is 20.7 Å². The summed E-state index contributed by atoms with van der Waals surface area (Å²) < 4.78 is 0. The number of hydrogen-bond acceptors (Lipinski definition) is 0.